The van der Waals surface area contributed by atoms with Crippen LogP contribution in [-0.2, 0) is 6.61 Å². The molecule has 31 heavy (non-hydrogen) atoms. The number of allylic oxidation sites excluding steroid dienone is 1. The number of imidazole rings is 1. The lowest BCUT2D eigenvalue weighted by atomic mass is 10.1. The molecule has 1 aromatic heterocycles. The van der Waals surface area contributed by atoms with E-state index in [0.717, 1.165) is 16.6 Å². The van der Waals surface area contributed by atoms with Gasteiger partial charge in [0.1, 0.15) is 24.3 Å². The Morgan fingerprint density at radius 3 is 2.81 bits per heavy atom. The van der Waals surface area contributed by atoms with Crippen LogP contribution in [0.5, 0.6) is 5.75 Å². The summed E-state index contributed by atoms with van der Waals surface area (Å²) in [4.78, 5) is 7.69. The summed E-state index contributed by atoms with van der Waals surface area (Å²) in [6.45, 7) is 2.04. The third-order valence-corrected chi connectivity index (χ3v) is 5.54. The van der Waals surface area contributed by atoms with Gasteiger partial charge in [0.05, 0.1) is 26.1 Å². The second kappa shape index (κ2) is 8.93. The standard InChI is InChI=1S/C24H16BrClFN3O/c1-14-6-7-21-22(8-14)30-24(29-21)17(12-28)9-15-10-18(25)23(19(26)11-15)31-13-16-4-2-3-5-20(16)27/h2-11H,13H2,1H3,(H,29,30)/b17-9-. The van der Waals surface area contributed by atoms with Crippen molar-refractivity contribution >= 4 is 50.2 Å². The first-order chi connectivity index (χ1) is 14.9. The van der Waals surface area contributed by atoms with Crippen LogP contribution >= 0.6 is 27.5 Å². The predicted octanol–water partition coefficient (Wildman–Crippen LogP) is 7.07. The number of nitriles is 1. The first kappa shape index (κ1) is 21.1. The topological polar surface area (TPSA) is 61.7 Å². The number of hydrogen-bond donors (Lipinski definition) is 1. The normalized spacial score (nSPS) is 11.5. The van der Waals surface area contributed by atoms with Crippen molar-refractivity contribution in [1.29, 1.82) is 5.26 Å². The van der Waals surface area contributed by atoms with Gasteiger partial charge in [-0.05, 0) is 70.4 Å². The summed E-state index contributed by atoms with van der Waals surface area (Å²) in [7, 11) is 0. The van der Waals surface area contributed by atoms with Crippen LogP contribution in [-0.4, -0.2) is 9.97 Å². The highest BCUT2D eigenvalue weighted by Crippen LogP contribution is 2.36. The van der Waals surface area contributed by atoms with Gasteiger partial charge in [0.25, 0.3) is 0 Å². The first-order valence-electron chi connectivity index (χ1n) is 9.38. The van der Waals surface area contributed by atoms with E-state index >= 15 is 0 Å². The number of H-pyrrole nitrogens is 1. The molecule has 0 aliphatic heterocycles. The highest BCUT2D eigenvalue weighted by atomic mass is 79.9. The van der Waals surface area contributed by atoms with Crippen molar-refractivity contribution in [2.45, 2.75) is 13.5 Å². The van der Waals surface area contributed by atoms with Gasteiger partial charge < -0.3 is 9.72 Å². The largest absolute Gasteiger partial charge is 0.486 e. The summed E-state index contributed by atoms with van der Waals surface area (Å²) in [5.41, 5.74) is 4.26. The van der Waals surface area contributed by atoms with Crippen molar-refractivity contribution in [3.63, 3.8) is 0 Å². The van der Waals surface area contributed by atoms with Gasteiger partial charge in [0.2, 0.25) is 0 Å². The minimum atomic E-state index is -0.339. The molecule has 4 aromatic rings. The maximum Gasteiger partial charge on any atom is 0.152 e. The molecule has 0 fully saturated rings. The lowest BCUT2D eigenvalue weighted by molar-refractivity contribution is 0.298. The zero-order valence-corrected chi connectivity index (χ0v) is 18.8. The summed E-state index contributed by atoms with van der Waals surface area (Å²) in [5, 5.41) is 10.0. The van der Waals surface area contributed by atoms with Gasteiger partial charge in [-0.3, -0.25) is 0 Å². The first-order valence-corrected chi connectivity index (χ1v) is 10.6. The van der Waals surface area contributed by atoms with Crippen LogP contribution < -0.4 is 4.74 Å². The molecular weight excluding hydrogens is 481 g/mol. The Bertz CT molecular complexity index is 1330. The molecule has 0 spiro atoms. The second-order valence-corrected chi connectivity index (χ2v) is 8.23. The van der Waals surface area contributed by atoms with E-state index in [1.165, 1.54) is 6.07 Å². The van der Waals surface area contributed by atoms with Crippen molar-refractivity contribution in [1.82, 2.24) is 9.97 Å². The highest BCUT2D eigenvalue weighted by Gasteiger charge is 2.13. The van der Waals surface area contributed by atoms with Gasteiger partial charge in [-0.15, -0.1) is 0 Å². The fourth-order valence-electron chi connectivity index (χ4n) is 3.14. The quantitative estimate of drug-likeness (QED) is 0.301. The molecule has 154 valence electrons. The second-order valence-electron chi connectivity index (χ2n) is 6.97. The molecule has 0 aliphatic rings. The number of rotatable bonds is 5. The van der Waals surface area contributed by atoms with Gasteiger partial charge in [-0.2, -0.15) is 5.26 Å². The molecule has 0 saturated carbocycles. The molecule has 3 aromatic carbocycles. The molecular formula is C24H16BrClFN3O. The maximum absolute atomic E-state index is 13.8. The number of fused-ring (bicyclic) bond motifs is 1. The van der Waals surface area contributed by atoms with Crippen LogP contribution in [0.4, 0.5) is 4.39 Å². The Hall–Kier alpha value is -3.14. The maximum atomic E-state index is 13.8. The Morgan fingerprint density at radius 1 is 1.26 bits per heavy atom. The van der Waals surface area contributed by atoms with Crippen LogP contribution in [0, 0.1) is 24.1 Å². The molecule has 0 aliphatic carbocycles. The van der Waals surface area contributed by atoms with E-state index in [1.54, 1.807) is 36.4 Å². The van der Waals surface area contributed by atoms with Crippen molar-refractivity contribution < 1.29 is 9.13 Å². The van der Waals surface area contributed by atoms with Crippen LogP contribution in [0.15, 0.2) is 59.1 Å². The van der Waals surface area contributed by atoms with Gasteiger partial charge in [-0.1, -0.05) is 35.9 Å². The molecule has 4 nitrogen and oxygen atoms in total. The minimum absolute atomic E-state index is 0.0437. The number of nitrogens with one attached hydrogen (secondary N) is 1. The molecule has 0 amide bonds. The molecule has 7 heteroatoms. The number of aromatic nitrogens is 2. The summed E-state index contributed by atoms with van der Waals surface area (Å²) in [6.07, 6.45) is 1.70. The number of benzene rings is 3. The van der Waals surface area contributed by atoms with E-state index in [4.69, 9.17) is 16.3 Å². The third-order valence-electron chi connectivity index (χ3n) is 4.67. The lowest BCUT2D eigenvalue weighted by Crippen LogP contribution is -1.99. The Labute approximate surface area is 192 Å². The summed E-state index contributed by atoms with van der Waals surface area (Å²) in [6, 6.07) is 17.9. The summed E-state index contributed by atoms with van der Waals surface area (Å²) in [5.74, 6) is 0.545. The van der Waals surface area contributed by atoms with E-state index in [-0.39, 0.29) is 12.4 Å². The monoisotopic (exact) mass is 495 g/mol. The van der Waals surface area contributed by atoms with Crippen LogP contribution in [0.1, 0.15) is 22.5 Å². The number of ether oxygens (including phenoxy) is 1. The van der Waals surface area contributed by atoms with E-state index in [9.17, 15) is 9.65 Å². The summed E-state index contributed by atoms with van der Waals surface area (Å²) >= 11 is 9.87. The number of halogens is 3. The Morgan fingerprint density at radius 2 is 2.06 bits per heavy atom. The fourth-order valence-corrected chi connectivity index (χ4v) is 4.13. The van der Waals surface area contributed by atoms with Crippen LogP contribution in [0.3, 0.4) is 0 Å². The van der Waals surface area contributed by atoms with Gasteiger partial charge >= 0.3 is 0 Å². The van der Waals surface area contributed by atoms with Gasteiger partial charge in [0.15, 0.2) is 5.75 Å². The fraction of sp³-hybridized carbons (Fsp3) is 0.0833. The van der Waals surface area contributed by atoms with Gasteiger partial charge in [-0.25, -0.2) is 9.37 Å². The van der Waals surface area contributed by atoms with E-state index < -0.39 is 0 Å². The molecule has 0 bridgehead atoms. The molecule has 0 atom stereocenters. The highest BCUT2D eigenvalue weighted by molar-refractivity contribution is 9.10. The lowest BCUT2D eigenvalue weighted by Gasteiger charge is -2.12. The zero-order valence-electron chi connectivity index (χ0n) is 16.4. The van der Waals surface area contributed by atoms with E-state index in [2.05, 4.69) is 32.0 Å². The average Bonchev–Trinajstić information content (AvgIpc) is 3.15. The SMILES string of the molecule is Cc1ccc2nc(/C(C#N)=C\c3cc(Cl)c(OCc4ccccc4F)c(Br)c3)[nH]c2c1. The Kier molecular flexibility index (Phi) is 6.08. The van der Waals surface area contributed by atoms with Crippen molar-refractivity contribution in [3.8, 4) is 11.8 Å². The minimum Gasteiger partial charge on any atom is -0.486 e. The molecule has 1 heterocycles. The van der Waals surface area contributed by atoms with Crippen LogP contribution in [0.2, 0.25) is 5.02 Å². The predicted molar refractivity (Wildman–Crippen MR) is 124 cm³/mol. The molecule has 0 unspecified atom stereocenters. The van der Waals surface area contributed by atoms with E-state index in [0.29, 0.717) is 37.8 Å². The number of aromatic amines is 1. The van der Waals surface area contributed by atoms with Crippen molar-refractivity contribution in [2.24, 2.45) is 0 Å². The molecule has 4 rings (SSSR count). The van der Waals surface area contributed by atoms with Crippen molar-refractivity contribution in [3.05, 3.63) is 92.4 Å². The van der Waals surface area contributed by atoms with Gasteiger partial charge in [0, 0.05) is 5.56 Å². The average molecular weight is 497 g/mol. The smallest absolute Gasteiger partial charge is 0.152 e. The summed E-state index contributed by atoms with van der Waals surface area (Å²) < 4.78 is 20.2. The molecule has 0 radical (unpaired) electrons. The van der Waals surface area contributed by atoms with Crippen molar-refractivity contribution in [2.75, 3.05) is 0 Å². The number of aryl methyl sites for hydroxylation is 1. The number of hydrogen-bond acceptors (Lipinski definition) is 3. The Balaban J connectivity index is 1.62. The third kappa shape index (κ3) is 4.63. The number of nitrogens with zero attached hydrogens (tertiary/aromatic N) is 2. The zero-order chi connectivity index (χ0) is 22.0. The molecule has 0 saturated heterocycles. The van der Waals surface area contributed by atoms with Crippen LogP contribution in [0.25, 0.3) is 22.7 Å². The van der Waals surface area contributed by atoms with E-state index in [1.807, 2.05) is 25.1 Å². The molecule has 1 N–H and O–H groups in total.